The molecular weight excluding hydrogens is 284 g/mol. The largest absolute Gasteiger partial charge is 0.477 e. The molecule has 0 fully saturated rings. The van der Waals surface area contributed by atoms with Crippen molar-refractivity contribution in [2.24, 2.45) is 0 Å². The number of nitrogens with zero attached hydrogens (tertiary/aromatic N) is 1. The molecule has 0 aliphatic heterocycles. The minimum absolute atomic E-state index is 0.0946. The third kappa shape index (κ3) is 2.86. The zero-order valence-electron chi connectivity index (χ0n) is 10.0. The Morgan fingerprint density at radius 1 is 1.25 bits per heavy atom. The molecule has 0 bridgehead atoms. The number of halogens is 1. The summed E-state index contributed by atoms with van der Waals surface area (Å²) in [5, 5.41) is 23.3. The molecule has 0 radical (unpaired) electrons. The molecule has 0 aliphatic carbocycles. The molecule has 0 aliphatic rings. The lowest BCUT2D eigenvalue weighted by atomic mass is 10.1. The van der Waals surface area contributed by atoms with Gasteiger partial charge in [-0.05, 0) is 30.3 Å². The van der Waals surface area contributed by atoms with Crippen LogP contribution in [-0.2, 0) is 0 Å². The molecule has 2 rings (SSSR count). The molecule has 2 N–H and O–H groups in total. The maximum atomic E-state index is 11.1. The predicted molar refractivity (Wildman–Crippen MR) is 74.8 cm³/mol. The number of aromatic carboxylic acids is 1. The highest BCUT2D eigenvalue weighted by Crippen LogP contribution is 2.31. The fourth-order valence-corrected chi connectivity index (χ4v) is 1.93. The molecule has 0 aromatic heterocycles. The minimum atomic E-state index is -1.36. The summed E-state index contributed by atoms with van der Waals surface area (Å²) in [7, 11) is 0. The second-order valence-corrected chi connectivity index (χ2v) is 4.34. The predicted octanol–water partition coefficient (Wildman–Crippen LogP) is 3.69. The van der Waals surface area contributed by atoms with Crippen molar-refractivity contribution in [2.45, 2.75) is 0 Å². The van der Waals surface area contributed by atoms with Gasteiger partial charge in [0.1, 0.15) is 11.3 Å². The van der Waals surface area contributed by atoms with Crippen molar-refractivity contribution < 1.29 is 14.8 Å². The van der Waals surface area contributed by atoms with Crippen molar-refractivity contribution in [2.75, 3.05) is 5.32 Å². The van der Waals surface area contributed by atoms with Crippen LogP contribution < -0.4 is 5.32 Å². The number of hydrogen-bond acceptors (Lipinski definition) is 4. The summed E-state index contributed by atoms with van der Waals surface area (Å²) < 4.78 is 0. The SMILES string of the molecule is O=C(O)c1cccc(Nc2cccc(Cl)c2)c1[N+](=O)[O-]. The number of nitro benzene ring substituents is 1. The number of carboxylic acid groups (broad SMARTS) is 1. The molecule has 0 saturated heterocycles. The minimum Gasteiger partial charge on any atom is -0.477 e. The molecule has 102 valence electrons. The van der Waals surface area contributed by atoms with Crippen LogP contribution in [0, 0.1) is 10.1 Å². The van der Waals surface area contributed by atoms with Crippen LogP contribution in [-0.4, -0.2) is 16.0 Å². The van der Waals surface area contributed by atoms with Gasteiger partial charge in [-0.15, -0.1) is 0 Å². The Hall–Kier alpha value is -2.60. The maximum Gasteiger partial charge on any atom is 0.342 e. The lowest BCUT2D eigenvalue weighted by Crippen LogP contribution is -2.05. The fourth-order valence-electron chi connectivity index (χ4n) is 1.74. The first kappa shape index (κ1) is 13.8. The standard InChI is InChI=1S/C13H9ClN2O4/c14-8-3-1-4-9(7-8)15-11-6-2-5-10(13(17)18)12(11)16(19)20/h1-7,15H,(H,17,18). The highest BCUT2D eigenvalue weighted by atomic mass is 35.5. The molecule has 2 aromatic rings. The molecule has 6 nitrogen and oxygen atoms in total. The van der Waals surface area contributed by atoms with E-state index in [2.05, 4.69) is 5.32 Å². The van der Waals surface area contributed by atoms with Crippen LogP contribution in [0.25, 0.3) is 0 Å². The Morgan fingerprint density at radius 2 is 1.95 bits per heavy atom. The number of rotatable bonds is 4. The Kier molecular flexibility index (Phi) is 3.86. The summed E-state index contributed by atoms with van der Waals surface area (Å²) >= 11 is 5.83. The van der Waals surface area contributed by atoms with E-state index in [1.54, 1.807) is 24.3 Å². The number of benzene rings is 2. The zero-order chi connectivity index (χ0) is 14.7. The van der Waals surface area contributed by atoms with Gasteiger partial charge in [0.25, 0.3) is 0 Å². The Labute approximate surface area is 118 Å². The monoisotopic (exact) mass is 292 g/mol. The van der Waals surface area contributed by atoms with Crippen molar-refractivity contribution in [1.29, 1.82) is 0 Å². The summed E-state index contributed by atoms with van der Waals surface area (Å²) in [4.78, 5) is 21.4. The van der Waals surface area contributed by atoms with Crippen molar-refractivity contribution >= 4 is 34.6 Å². The van der Waals surface area contributed by atoms with Crippen LogP contribution in [0.3, 0.4) is 0 Å². The zero-order valence-corrected chi connectivity index (χ0v) is 10.8. The molecule has 20 heavy (non-hydrogen) atoms. The molecule has 0 spiro atoms. The van der Waals surface area contributed by atoms with Gasteiger partial charge in [-0.1, -0.05) is 23.7 Å². The van der Waals surface area contributed by atoms with Crippen LogP contribution in [0.15, 0.2) is 42.5 Å². The molecule has 0 unspecified atom stereocenters. The third-order valence-corrected chi connectivity index (χ3v) is 2.79. The number of carbonyl (C=O) groups is 1. The van der Waals surface area contributed by atoms with Gasteiger partial charge in [0.2, 0.25) is 0 Å². The van der Waals surface area contributed by atoms with Crippen molar-refractivity contribution in [1.82, 2.24) is 0 Å². The molecule has 0 heterocycles. The average Bonchev–Trinajstić information content (AvgIpc) is 2.38. The molecule has 0 atom stereocenters. The van der Waals surface area contributed by atoms with Gasteiger partial charge in [0.05, 0.1) is 4.92 Å². The van der Waals surface area contributed by atoms with Gasteiger partial charge in [0, 0.05) is 10.7 Å². The summed E-state index contributed by atoms with van der Waals surface area (Å²) in [6.45, 7) is 0. The van der Waals surface area contributed by atoms with E-state index in [4.69, 9.17) is 16.7 Å². The molecule has 0 amide bonds. The van der Waals surface area contributed by atoms with Crippen LogP contribution in [0.1, 0.15) is 10.4 Å². The second kappa shape index (κ2) is 5.58. The fraction of sp³-hybridized carbons (Fsp3) is 0. The smallest absolute Gasteiger partial charge is 0.342 e. The first-order valence-corrected chi connectivity index (χ1v) is 5.90. The number of carboxylic acids is 1. The number of nitrogens with one attached hydrogen (secondary N) is 1. The van der Waals surface area contributed by atoms with Crippen LogP contribution >= 0.6 is 11.6 Å². The van der Waals surface area contributed by atoms with E-state index in [1.165, 1.54) is 18.2 Å². The summed E-state index contributed by atoms with van der Waals surface area (Å²) in [5.41, 5.74) is -0.234. The topological polar surface area (TPSA) is 92.5 Å². The highest BCUT2D eigenvalue weighted by Gasteiger charge is 2.24. The van der Waals surface area contributed by atoms with E-state index >= 15 is 0 Å². The molecule has 2 aromatic carbocycles. The van der Waals surface area contributed by atoms with E-state index in [-0.39, 0.29) is 11.3 Å². The lowest BCUT2D eigenvalue weighted by molar-refractivity contribution is -0.384. The van der Waals surface area contributed by atoms with Crippen molar-refractivity contribution in [3.8, 4) is 0 Å². The van der Waals surface area contributed by atoms with Gasteiger partial charge in [-0.3, -0.25) is 10.1 Å². The van der Waals surface area contributed by atoms with Gasteiger partial charge in [-0.2, -0.15) is 0 Å². The molecule has 0 saturated carbocycles. The van der Waals surface area contributed by atoms with Crippen LogP contribution in [0.4, 0.5) is 17.1 Å². The number of anilines is 2. The van der Waals surface area contributed by atoms with Gasteiger partial charge < -0.3 is 10.4 Å². The van der Waals surface area contributed by atoms with Gasteiger partial charge >= 0.3 is 11.7 Å². The van der Waals surface area contributed by atoms with Crippen molar-refractivity contribution in [3.05, 3.63) is 63.2 Å². The van der Waals surface area contributed by atoms with E-state index in [1.807, 2.05) is 0 Å². The normalized spacial score (nSPS) is 10.1. The van der Waals surface area contributed by atoms with E-state index in [0.29, 0.717) is 10.7 Å². The highest BCUT2D eigenvalue weighted by molar-refractivity contribution is 6.30. The number of para-hydroxylation sites is 1. The number of nitro groups is 1. The van der Waals surface area contributed by atoms with E-state index in [0.717, 1.165) is 0 Å². The van der Waals surface area contributed by atoms with Crippen molar-refractivity contribution in [3.63, 3.8) is 0 Å². The van der Waals surface area contributed by atoms with Gasteiger partial charge in [0.15, 0.2) is 0 Å². The molecule has 7 heteroatoms. The summed E-state index contributed by atoms with van der Waals surface area (Å²) in [5.74, 6) is -1.36. The summed E-state index contributed by atoms with van der Waals surface area (Å²) in [6, 6.07) is 10.6. The second-order valence-electron chi connectivity index (χ2n) is 3.90. The van der Waals surface area contributed by atoms with Crippen LogP contribution in [0.5, 0.6) is 0 Å². The maximum absolute atomic E-state index is 11.1. The first-order chi connectivity index (χ1) is 9.49. The first-order valence-electron chi connectivity index (χ1n) is 5.52. The third-order valence-electron chi connectivity index (χ3n) is 2.55. The summed E-state index contributed by atoms with van der Waals surface area (Å²) in [6.07, 6.45) is 0. The Balaban J connectivity index is 2.49. The van der Waals surface area contributed by atoms with E-state index in [9.17, 15) is 14.9 Å². The lowest BCUT2D eigenvalue weighted by Gasteiger charge is -2.08. The van der Waals surface area contributed by atoms with E-state index < -0.39 is 16.6 Å². The van der Waals surface area contributed by atoms with Crippen LogP contribution in [0.2, 0.25) is 5.02 Å². The van der Waals surface area contributed by atoms with Gasteiger partial charge in [-0.25, -0.2) is 4.79 Å². The molecular formula is C13H9ClN2O4. The Morgan fingerprint density at radius 3 is 2.55 bits per heavy atom. The Bertz CT molecular complexity index is 688. The number of hydrogen-bond donors (Lipinski definition) is 2. The quantitative estimate of drug-likeness (QED) is 0.662. The average molecular weight is 293 g/mol.